The first-order chi connectivity index (χ1) is 13.0. The van der Waals surface area contributed by atoms with Crippen LogP contribution in [0, 0.1) is 0 Å². The maximum atomic E-state index is 12.2. The highest BCUT2D eigenvalue weighted by Gasteiger charge is 2.29. The van der Waals surface area contributed by atoms with Crippen molar-refractivity contribution in [2.45, 2.75) is 5.92 Å². The fraction of sp³-hybridized carbons (Fsp3) is 0.150. The van der Waals surface area contributed by atoms with E-state index in [4.69, 9.17) is 9.84 Å². The lowest BCUT2D eigenvalue weighted by Crippen LogP contribution is -2.19. The molecule has 0 saturated heterocycles. The molecule has 0 saturated carbocycles. The van der Waals surface area contributed by atoms with Crippen LogP contribution in [0.4, 0.5) is 10.6 Å². The molecule has 7 heteroatoms. The number of carbonyl (C=O) groups excluding carboxylic acids is 1. The number of aromatic carboxylic acids is 1. The van der Waals surface area contributed by atoms with Gasteiger partial charge in [0, 0.05) is 19.0 Å². The van der Waals surface area contributed by atoms with Gasteiger partial charge in [-0.15, -0.1) is 0 Å². The second-order valence-corrected chi connectivity index (χ2v) is 6.29. The monoisotopic (exact) mass is 363 g/mol. The van der Waals surface area contributed by atoms with Gasteiger partial charge in [0.25, 0.3) is 0 Å². The summed E-state index contributed by atoms with van der Waals surface area (Å²) in [4.78, 5) is 23.2. The predicted molar refractivity (Wildman–Crippen MR) is 98.9 cm³/mol. The van der Waals surface area contributed by atoms with E-state index in [0.29, 0.717) is 0 Å². The molecule has 0 radical (unpaired) electrons. The third-order valence-corrected chi connectivity index (χ3v) is 4.67. The molecule has 0 bridgehead atoms. The van der Waals surface area contributed by atoms with Crippen molar-refractivity contribution in [2.24, 2.45) is 7.05 Å². The molecular weight excluding hydrogens is 346 g/mol. The van der Waals surface area contributed by atoms with Gasteiger partial charge >= 0.3 is 12.1 Å². The van der Waals surface area contributed by atoms with E-state index in [2.05, 4.69) is 22.5 Å². The molecule has 1 heterocycles. The van der Waals surface area contributed by atoms with E-state index in [0.717, 1.165) is 22.3 Å². The van der Waals surface area contributed by atoms with Crippen molar-refractivity contribution in [3.8, 4) is 11.1 Å². The number of hydrogen-bond acceptors (Lipinski definition) is 4. The average molecular weight is 363 g/mol. The number of ether oxygens (including phenoxy) is 1. The second-order valence-electron chi connectivity index (χ2n) is 6.29. The summed E-state index contributed by atoms with van der Waals surface area (Å²) in [6.07, 6.45) is -0.656. The Balaban J connectivity index is 1.49. The van der Waals surface area contributed by atoms with Crippen molar-refractivity contribution >= 4 is 17.9 Å². The lowest BCUT2D eigenvalue weighted by atomic mass is 9.98. The minimum absolute atomic E-state index is 0.0377. The summed E-state index contributed by atoms with van der Waals surface area (Å²) in [5.41, 5.74) is 4.41. The first kappa shape index (κ1) is 16.8. The third kappa shape index (κ3) is 3.03. The molecule has 0 aliphatic heterocycles. The number of benzene rings is 2. The summed E-state index contributed by atoms with van der Waals surface area (Å²) in [7, 11) is 1.55. The third-order valence-electron chi connectivity index (χ3n) is 4.67. The molecular formula is C20H17N3O4. The molecule has 1 amide bonds. The van der Waals surface area contributed by atoms with E-state index in [1.165, 1.54) is 10.7 Å². The Bertz CT molecular complexity index is 996. The molecule has 1 aliphatic carbocycles. The Hall–Kier alpha value is -3.61. The molecule has 0 fully saturated rings. The molecule has 136 valence electrons. The Morgan fingerprint density at radius 1 is 1.11 bits per heavy atom. The zero-order chi connectivity index (χ0) is 19.0. The fourth-order valence-corrected chi connectivity index (χ4v) is 3.43. The zero-order valence-corrected chi connectivity index (χ0v) is 14.5. The SMILES string of the molecule is Cn1nc(C(=O)O)cc1NC(=O)OCC1c2ccccc2-c2ccccc21. The van der Waals surface area contributed by atoms with Crippen LogP contribution in [-0.4, -0.2) is 33.6 Å². The summed E-state index contributed by atoms with van der Waals surface area (Å²) in [6.45, 7) is 0.184. The second kappa shape index (κ2) is 6.60. The Labute approximate surface area is 155 Å². The van der Waals surface area contributed by atoms with E-state index in [9.17, 15) is 9.59 Å². The van der Waals surface area contributed by atoms with Crippen molar-refractivity contribution in [1.82, 2.24) is 9.78 Å². The van der Waals surface area contributed by atoms with Crippen LogP contribution in [-0.2, 0) is 11.8 Å². The number of carboxylic acid groups (broad SMARTS) is 1. The number of carbonyl (C=O) groups is 2. The highest BCUT2D eigenvalue weighted by molar-refractivity contribution is 5.89. The number of amides is 1. The molecule has 1 aliphatic rings. The average Bonchev–Trinajstić information content (AvgIpc) is 3.19. The molecule has 4 rings (SSSR count). The summed E-state index contributed by atoms with van der Waals surface area (Å²) in [5.74, 6) is -0.944. The van der Waals surface area contributed by atoms with E-state index in [1.54, 1.807) is 7.05 Å². The Kier molecular flexibility index (Phi) is 4.12. The van der Waals surface area contributed by atoms with Crippen LogP contribution in [0.1, 0.15) is 27.5 Å². The number of aromatic nitrogens is 2. The predicted octanol–water partition coefficient (Wildman–Crippen LogP) is 3.48. The van der Waals surface area contributed by atoms with Gasteiger partial charge in [-0.25, -0.2) is 9.59 Å². The number of aryl methyl sites for hydroxylation is 1. The molecule has 0 spiro atoms. The summed E-state index contributed by atoms with van der Waals surface area (Å²) in [6, 6.07) is 17.4. The molecule has 0 atom stereocenters. The highest BCUT2D eigenvalue weighted by atomic mass is 16.5. The number of rotatable bonds is 4. The number of carboxylic acids is 1. The smallest absolute Gasteiger partial charge is 0.412 e. The maximum absolute atomic E-state index is 12.2. The van der Waals surface area contributed by atoms with Gasteiger partial charge in [0.2, 0.25) is 0 Å². The van der Waals surface area contributed by atoms with Crippen LogP contribution in [0.15, 0.2) is 54.6 Å². The van der Waals surface area contributed by atoms with Crippen molar-refractivity contribution < 1.29 is 19.4 Å². The summed E-state index contributed by atoms with van der Waals surface area (Å²) < 4.78 is 6.71. The van der Waals surface area contributed by atoms with Crippen LogP contribution in [0.5, 0.6) is 0 Å². The topological polar surface area (TPSA) is 93.5 Å². The lowest BCUT2D eigenvalue weighted by Gasteiger charge is -2.14. The van der Waals surface area contributed by atoms with E-state index < -0.39 is 12.1 Å². The van der Waals surface area contributed by atoms with Gasteiger partial charge < -0.3 is 9.84 Å². The Morgan fingerprint density at radius 2 is 1.70 bits per heavy atom. The molecule has 7 nitrogen and oxygen atoms in total. The van der Waals surface area contributed by atoms with Gasteiger partial charge in [-0.3, -0.25) is 10.00 Å². The van der Waals surface area contributed by atoms with Crippen molar-refractivity contribution in [3.05, 3.63) is 71.4 Å². The van der Waals surface area contributed by atoms with Crippen LogP contribution in [0.25, 0.3) is 11.1 Å². The Morgan fingerprint density at radius 3 is 2.26 bits per heavy atom. The van der Waals surface area contributed by atoms with Gasteiger partial charge in [-0.1, -0.05) is 48.5 Å². The van der Waals surface area contributed by atoms with Crippen molar-refractivity contribution in [2.75, 3.05) is 11.9 Å². The van der Waals surface area contributed by atoms with E-state index in [-0.39, 0.29) is 24.0 Å². The molecule has 27 heavy (non-hydrogen) atoms. The minimum atomic E-state index is -1.16. The number of nitrogens with one attached hydrogen (secondary N) is 1. The number of nitrogens with zero attached hydrogens (tertiary/aromatic N) is 2. The van der Waals surface area contributed by atoms with Crippen molar-refractivity contribution in [3.63, 3.8) is 0 Å². The van der Waals surface area contributed by atoms with Gasteiger partial charge in [0.05, 0.1) is 0 Å². The lowest BCUT2D eigenvalue weighted by molar-refractivity contribution is 0.0689. The molecule has 1 aromatic heterocycles. The van der Waals surface area contributed by atoms with E-state index in [1.807, 2.05) is 36.4 Å². The van der Waals surface area contributed by atoms with Gasteiger partial charge in [0.15, 0.2) is 5.69 Å². The molecule has 3 aromatic rings. The van der Waals surface area contributed by atoms with Crippen molar-refractivity contribution in [1.29, 1.82) is 0 Å². The maximum Gasteiger partial charge on any atom is 0.412 e. The largest absolute Gasteiger partial charge is 0.476 e. The normalized spacial score (nSPS) is 12.3. The van der Waals surface area contributed by atoms with Gasteiger partial charge in [-0.2, -0.15) is 5.10 Å². The fourth-order valence-electron chi connectivity index (χ4n) is 3.43. The van der Waals surface area contributed by atoms with Crippen LogP contribution in [0.3, 0.4) is 0 Å². The van der Waals surface area contributed by atoms with Gasteiger partial charge in [-0.05, 0) is 22.3 Å². The molecule has 2 aromatic carbocycles. The summed E-state index contributed by atoms with van der Waals surface area (Å²) in [5, 5.41) is 15.3. The first-order valence-corrected chi connectivity index (χ1v) is 8.44. The molecule has 0 unspecified atom stereocenters. The molecule has 2 N–H and O–H groups in total. The minimum Gasteiger partial charge on any atom is -0.476 e. The number of hydrogen-bond donors (Lipinski definition) is 2. The van der Waals surface area contributed by atoms with Crippen LogP contribution < -0.4 is 5.32 Å². The van der Waals surface area contributed by atoms with Crippen LogP contribution >= 0.6 is 0 Å². The quantitative estimate of drug-likeness (QED) is 0.740. The highest BCUT2D eigenvalue weighted by Crippen LogP contribution is 2.44. The zero-order valence-electron chi connectivity index (χ0n) is 14.5. The standard InChI is InChI=1S/C20H17N3O4/c1-23-18(10-17(22-23)19(24)25)21-20(26)27-11-16-14-8-4-2-6-12(14)13-7-3-5-9-15(13)16/h2-10,16H,11H2,1H3,(H,21,26)(H,24,25). The number of fused-ring (bicyclic) bond motifs is 3. The van der Waals surface area contributed by atoms with E-state index >= 15 is 0 Å². The van der Waals surface area contributed by atoms with Gasteiger partial charge in [0.1, 0.15) is 12.4 Å². The first-order valence-electron chi connectivity index (χ1n) is 8.44. The van der Waals surface area contributed by atoms with Crippen LogP contribution in [0.2, 0.25) is 0 Å². The number of anilines is 1. The summed E-state index contributed by atoms with van der Waals surface area (Å²) >= 11 is 0.